The summed E-state index contributed by atoms with van der Waals surface area (Å²) in [6.45, 7) is 13.7. The molecule has 0 saturated carbocycles. The number of benzene rings is 2. The van der Waals surface area contributed by atoms with Crippen molar-refractivity contribution in [2.24, 2.45) is 0 Å². The van der Waals surface area contributed by atoms with Crippen molar-refractivity contribution in [3.05, 3.63) is 95.5 Å². The van der Waals surface area contributed by atoms with E-state index in [0.717, 1.165) is 39.4 Å². The molecule has 0 spiro atoms. The van der Waals surface area contributed by atoms with Gasteiger partial charge in [-0.2, -0.15) is 4.57 Å². The molecule has 0 saturated heterocycles. The molecular formula is C23H20N4+2. The number of para-hydroxylation sites is 1. The van der Waals surface area contributed by atoms with Crippen molar-refractivity contribution in [2.75, 3.05) is 0 Å². The number of hydrogen-bond donors (Lipinski definition) is 0. The first-order valence-corrected chi connectivity index (χ1v) is 8.86. The summed E-state index contributed by atoms with van der Waals surface area (Å²) in [6.07, 6.45) is 4.13. The second-order valence-electron chi connectivity index (χ2n) is 6.65. The Morgan fingerprint density at radius 2 is 1.59 bits per heavy atom. The Morgan fingerprint density at radius 1 is 0.889 bits per heavy atom. The van der Waals surface area contributed by atoms with Crippen LogP contribution in [-0.2, 0) is 0 Å². The third-order valence-corrected chi connectivity index (χ3v) is 4.89. The average molecular weight is 352 g/mol. The van der Waals surface area contributed by atoms with E-state index in [0.29, 0.717) is 5.69 Å². The Labute approximate surface area is 158 Å². The van der Waals surface area contributed by atoms with Gasteiger partial charge in [0.15, 0.2) is 23.1 Å². The van der Waals surface area contributed by atoms with Crippen molar-refractivity contribution >= 4 is 16.6 Å². The van der Waals surface area contributed by atoms with Crippen LogP contribution in [0.3, 0.4) is 0 Å². The number of aromatic nitrogens is 3. The minimum Gasteiger partial charge on any atom is -0.238 e. The second-order valence-corrected chi connectivity index (χ2v) is 6.65. The quantitative estimate of drug-likeness (QED) is 0.391. The molecule has 4 heteroatoms. The molecular weight excluding hydrogens is 332 g/mol. The van der Waals surface area contributed by atoms with Gasteiger partial charge in [0.25, 0.3) is 0 Å². The first-order chi connectivity index (χ1) is 13.1. The van der Waals surface area contributed by atoms with Crippen LogP contribution in [-0.4, -0.2) is 4.98 Å². The molecule has 4 aromatic rings. The van der Waals surface area contributed by atoms with Crippen LogP contribution in [0.5, 0.6) is 0 Å². The Hall–Kier alpha value is -3.58. The maximum absolute atomic E-state index is 7.56. The van der Waals surface area contributed by atoms with Crippen LogP contribution < -0.4 is 9.13 Å². The van der Waals surface area contributed by atoms with E-state index in [1.54, 1.807) is 0 Å². The van der Waals surface area contributed by atoms with Gasteiger partial charge in [0, 0.05) is 32.0 Å². The van der Waals surface area contributed by atoms with Crippen molar-refractivity contribution in [1.29, 1.82) is 0 Å². The van der Waals surface area contributed by atoms with Crippen LogP contribution in [0.1, 0.15) is 17.1 Å². The highest BCUT2D eigenvalue weighted by Crippen LogP contribution is 2.24. The van der Waals surface area contributed by atoms with E-state index in [4.69, 9.17) is 11.6 Å². The van der Waals surface area contributed by atoms with Gasteiger partial charge in [-0.1, -0.05) is 18.2 Å². The largest absolute Gasteiger partial charge is 0.301 e. The summed E-state index contributed by atoms with van der Waals surface area (Å²) < 4.78 is 4.20. The van der Waals surface area contributed by atoms with Gasteiger partial charge in [0.05, 0.1) is 17.5 Å². The zero-order valence-electron chi connectivity index (χ0n) is 15.6. The Morgan fingerprint density at radius 3 is 2.33 bits per heavy atom. The van der Waals surface area contributed by atoms with Gasteiger partial charge in [-0.3, -0.25) is 0 Å². The van der Waals surface area contributed by atoms with Crippen molar-refractivity contribution in [3.8, 4) is 11.4 Å². The SMILES string of the molecule is [C-]#[N+]c1cc(-[n+]2ccccc2C)c(C)c(-[n+]2cc3ccccc3nc2C)c1. The molecule has 0 atom stereocenters. The standard InChI is InChI=1S/C23H20N4/c1-16-9-7-8-12-26(16)22-13-20(24-4)14-23(17(22)2)27-15-19-10-5-6-11-21(19)25-18(27)3/h5-15H,1-3H3/q+2. The van der Waals surface area contributed by atoms with E-state index in [1.807, 2.05) is 55.6 Å². The van der Waals surface area contributed by atoms with Crippen LogP contribution in [0.15, 0.2) is 67.0 Å². The molecule has 0 bridgehead atoms. The Bertz CT molecular complexity index is 1220. The summed E-state index contributed by atoms with van der Waals surface area (Å²) in [4.78, 5) is 8.46. The highest BCUT2D eigenvalue weighted by atomic mass is 15.1. The highest BCUT2D eigenvalue weighted by Gasteiger charge is 2.22. The van der Waals surface area contributed by atoms with Gasteiger partial charge >= 0.3 is 5.82 Å². The maximum atomic E-state index is 7.56. The predicted molar refractivity (Wildman–Crippen MR) is 105 cm³/mol. The van der Waals surface area contributed by atoms with Crippen molar-refractivity contribution in [3.63, 3.8) is 0 Å². The second kappa shape index (κ2) is 6.62. The lowest BCUT2D eigenvalue weighted by molar-refractivity contribution is -0.612. The number of pyridine rings is 1. The molecule has 0 aliphatic heterocycles. The molecule has 2 heterocycles. The topological polar surface area (TPSA) is 25.0 Å². The Kier molecular flexibility index (Phi) is 4.13. The molecule has 0 aliphatic rings. The normalized spacial score (nSPS) is 10.7. The summed E-state index contributed by atoms with van der Waals surface area (Å²) >= 11 is 0. The zero-order chi connectivity index (χ0) is 19.0. The van der Waals surface area contributed by atoms with Gasteiger partial charge < -0.3 is 0 Å². The minimum atomic E-state index is 0.612. The summed E-state index contributed by atoms with van der Waals surface area (Å²) in [7, 11) is 0. The van der Waals surface area contributed by atoms with E-state index < -0.39 is 0 Å². The molecule has 0 aliphatic carbocycles. The van der Waals surface area contributed by atoms with E-state index in [1.165, 1.54) is 0 Å². The van der Waals surface area contributed by atoms with Crippen LogP contribution in [0.4, 0.5) is 5.69 Å². The summed E-state index contributed by atoms with van der Waals surface area (Å²) in [5.74, 6) is 0.889. The molecule has 2 aromatic carbocycles. The van der Waals surface area contributed by atoms with Gasteiger partial charge in [0.2, 0.25) is 5.69 Å². The molecule has 130 valence electrons. The van der Waals surface area contributed by atoms with Crippen molar-refractivity contribution in [2.45, 2.75) is 20.8 Å². The number of hydrogen-bond acceptors (Lipinski definition) is 1. The molecule has 4 nitrogen and oxygen atoms in total. The van der Waals surface area contributed by atoms with Gasteiger partial charge in [-0.25, -0.2) is 9.41 Å². The lowest BCUT2D eigenvalue weighted by Crippen LogP contribution is -2.39. The number of nitrogens with zero attached hydrogens (tertiary/aromatic N) is 4. The van der Waals surface area contributed by atoms with Gasteiger partial charge in [-0.15, -0.1) is 0 Å². The zero-order valence-corrected chi connectivity index (χ0v) is 15.6. The molecule has 0 fully saturated rings. The lowest BCUT2D eigenvalue weighted by atomic mass is 10.1. The van der Waals surface area contributed by atoms with Gasteiger partial charge in [0.1, 0.15) is 11.9 Å². The van der Waals surface area contributed by atoms with Crippen LogP contribution in [0.2, 0.25) is 0 Å². The van der Waals surface area contributed by atoms with Crippen LogP contribution in [0, 0.1) is 27.3 Å². The minimum absolute atomic E-state index is 0.612. The summed E-state index contributed by atoms with van der Waals surface area (Å²) in [6, 6.07) is 18.1. The van der Waals surface area contributed by atoms with Crippen LogP contribution >= 0.6 is 0 Å². The van der Waals surface area contributed by atoms with E-state index in [-0.39, 0.29) is 0 Å². The Balaban J connectivity index is 2.02. The fourth-order valence-electron chi connectivity index (χ4n) is 3.44. The fraction of sp³-hybridized carbons (Fsp3) is 0.130. The van der Waals surface area contributed by atoms with E-state index in [9.17, 15) is 0 Å². The first-order valence-electron chi connectivity index (χ1n) is 8.86. The average Bonchev–Trinajstić information content (AvgIpc) is 2.68. The smallest absolute Gasteiger partial charge is 0.238 e. The molecule has 4 rings (SSSR count). The van der Waals surface area contributed by atoms with Crippen molar-refractivity contribution < 1.29 is 9.13 Å². The third-order valence-electron chi connectivity index (χ3n) is 4.89. The maximum Gasteiger partial charge on any atom is 0.301 e. The monoisotopic (exact) mass is 352 g/mol. The highest BCUT2D eigenvalue weighted by molar-refractivity contribution is 5.76. The summed E-state index contributed by atoms with van der Waals surface area (Å²) in [5, 5.41) is 1.07. The molecule has 2 aromatic heterocycles. The molecule has 27 heavy (non-hydrogen) atoms. The number of fused-ring (bicyclic) bond motifs is 1. The number of aryl methyl sites for hydroxylation is 2. The predicted octanol–water partition coefficient (Wildman–Crippen LogP) is 4.26. The molecule has 0 N–H and O–H groups in total. The third kappa shape index (κ3) is 2.94. The van der Waals surface area contributed by atoms with Gasteiger partial charge in [-0.05, 0) is 30.1 Å². The van der Waals surface area contributed by atoms with E-state index >= 15 is 0 Å². The van der Waals surface area contributed by atoms with Crippen molar-refractivity contribution in [1.82, 2.24) is 4.98 Å². The fourth-order valence-corrected chi connectivity index (χ4v) is 3.44. The number of rotatable bonds is 2. The summed E-state index contributed by atoms with van der Waals surface area (Å²) in [5.41, 5.74) is 5.79. The first kappa shape index (κ1) is 16.9. The molecule has 0 unspecified atom stereocenters. The van der Waals surface area contributed by atoms with E-state index in [2.05, 4.69) is 46.2 Å². The molecule has 0 radical (unpaired) electrons. The lowest BCUT2D eigenvalue weighted by Gasteiger charge is -2.10. The molecule has 0 amide bonds. The van der Waals surface area contributed by atoms with Crippen LogP contribution in [0.25, 0.3) is 27.1 Å².